The fraction of sp³-hybridized carbons (Fsp3) is 0.526. The number of fused-ring (bicyclic) bond motifs is 1. The molecule has 1 unspecified atom stereocenters. The van der Waals surface area contributed by atoms with Gasteiger partial charge in [0.1, 0.15) is 0 Å². The third-order valence-electron chi connectivity index (χ3n) is 4.90. The van der Waals surface area contributed by atoms with Gasteiger partial charge < -0.3 is 9.80 Å². The lowest BCUT2D eigenvalue weighted by atomic mass is 10.2. The molecule has 1 aromatic carbocycles. The van der Waals surface area contributed by atoms with Gasteiger partial charge in [0.25, 0.3) is 5.56 Å². The van der Waals surface area contributed by atoms with E-state index in [-0.39, 0.29) is 16.7 Å². The molecule has 0 spiro atoms. The summed E-state index contributed by atoms with van der Waals surface area (Å²) in [5, 5.41) is 0.964. The highest BCUT2D eigenvalue weighted by Crippen LogP contribution is 2.24. The predicted octanol–water partition coefficient (Wildman–Crippen LogP) is 2.06. The van der Waals surface area contributed by atoms with Crippen molar-refractivity contribution in [2.75, 3.05) is 32.7 Å². The van der Waals surface area contributed by atoms with Gasteiger partial charge in [-0.1, -0.05) is 30.8 Å². The van der Waals surface area contributed by atoms with Crippen LogP contribution in [0.1, 0.15) is 20.8 Å². The molecule has 0 radical (unpaired) electrons. The number of thioether (sulfide) groups is 1. The summed E-state index contributed by atoms with van der Waals surface area (Å²) in [4.78, 5) is 34.5. The highest BCUT2D eigenvalue weighted by Gasteiger charge is 2.26. The van der Waals surface area contributed by atoms with Gasteiger partial charge in [0.05, 0.1) is 16.2 Å². The van der Waals surface area contributed by atoms with E-state index in [2.05, 4.69) is 16.8 Å². The van der Waals surface area contributed by atoms with Crippen LogP contribution in [0.5, 0.6) is 0 Å². The van der Waals surface area contributed by atoms with Gasteiger partial charge in [-0.15, -0.1) is 0 Å². The number of likely N-dealkylation sites (N-methyl/N-ethyl adjacent to an activating group) is 1. The number of para-hydroxylation sites is 1. The van der Waals surface area contributed by atoms with Gasteiger partial charge in [0.2, 0.25) is 5.91 Å². The largest absolute Gasteiger partial charge is 0.339 e. The Morgan fingerprint density at radius 2 is 1.85 bits per heavy atom. The van der Waals surface area contributed by atoms with Crippen molar-refractivity contribution in [2.45, 2.75) is 37.7 Å². The third-order valence-corrected chi connectivity index (χ3v) is 5.98. The Hall–Kier alpha value is -1.86. The molecule has 26 heavy (non-hydrogen) atoms. The second kappa shape index (κ2) is 8.22. The number of amides is 1. The lowest BCUT2D eigenvalue weighted by Gasteiger charge is -2.35. The van der Waals surface area contributed by atoms with Crippen LogP contribution in [0.25, 0.3) is 10.9 Å². The highest BCUT2D eigenvalue weighted by atomic mass is 32.2. The zero-order valence-electron chi connectivity index (χ0n) is 15.6. The van der Waals surface area contributed by atoms with E-state index >= 15 is 0 Å². The molecule has 1 aliphatic heterocycles. The van der Waals surface area contributed by atoms with E-state index in [4.69, 9.17) is 0 Å². The molecular formula is C19H26N4O2S. The van der Waals surface area contributed by atoms with Crippen molar-refractivity contribution >= 4 is 28.6 Å². The number of aromatic nitrogens is 2. The molecule has 0 bridgehead atoms. The monoisotopic (exact) mass is 374 g/mol. The Labute approximate surface area is 158 Å². The first-order valence-corrected chi connectivity index (χ1v) is 10.1. The van der Waals surface area contributed by atoms with Crippen molar-refractivity contribution in [3.63, 3.8) is 0 Å². The summed E-state index contributed by atoms with van der Waals surface area (Å²) >= 11 is 1.38. The lowest BCUT2D eigenvalue weighted by Crippen LogP contribution is -2.50. The number of hydrogen-bond acceptors (Lipinski definition) is 5. The second-order valence-electron chi connectivity index (χ2n) is 6.48. The summed E-state index contributed by atoms with van der Waals surface area (Å²) in [7, 11) is 0. The number of carbonyl (C=O) groups excluding carboxylic acids is 1. The maximum Gasteiger partial charge on any atom is 0.262 e. The van der Waals surface area contributed by atoms with E-state index in [9.17, 15) is 9.59 Å². The summed E-state index contributed by atoms with van der Waals surface area (Å²) in [6.07, 6.45) is 0. The van der Waals surface area contributed by atoms with Crippen molar-refractivity contribution in [1.29, 1.82) is 0 Å². The minimum absolute atomic E-state index is 0.0446. The molecule has 7 heteroatoms. The van der Waals surface area contributed by atoms with Gasteiger partial charge in [-0.2, -0.15) is 0 Å². The first kappa shape index (κ1) is 18.9. The quantitative estimate of drug-likeness (QED) is 0.592. The number of benzene rings is 1. The van der Waals surface area contributed by atoms with Gasteiger partial charge in [-0.05, 0) is 32.5 Å². The van der Waals surface area contributed by atoms with Crippen molar-refractivity contribution in [2.24, 2.45) is 0 Å². The van der Waals surface area contributed by atoms with Crippen LogP contribution in [0.2, 0.25) is 0 Å². The standard InChI is InChI=1S/C19H26N4O2S/c1-4-21-10-12-22(13-11-21)17(24)14(3)26-19-20-16-9-7-6-8-15(16)18(25)23(19)5-2/h6-9,14H,4-5,10-13H2,1-3H3. The average molecular weight is 375 g/mol. The molecule has 1 saturated heterocycles. The molecule has 140 valence electrons. The predicted molar refractivity (Wildman–Crippen MR) is 106 cm³/mol. The van der Waals surface area contributed by atoms with Crippen LogP contribution >= 0.6 is 11.8 Å². The molecule has 0 aliphatic carbocycles. The summed E-state index contributed by atoms with van der Waals surface area (Å²) < 4.78 is 1.66. The van der Waals surface area contributed by atoms with Gasteiger partial charge in [-0.25, -0.2) is 4.98 Å². The van der Waals surface area contributed by atoms with Crippen LogP contribution < -0.4 is 5.56 Å². The van der Waals surface area contributed by atoms with Crippen molar-refractivity contribution < 1.29 is 4.79 Å². The molecule has 1 atom stereocenters. The maximum atomic E-state index is 12.8. The van der Waals surface area contributed by atoms with E-state index in [1.807, 2.05) is 36.9 Å². The lowest BCUT2D eigenvalue weighted by molar-refractivity contribution is -0.132. The molecule has 0 saturated carbocycles. The van der Waals surface area contributed by atoms with Crippen LogP contribution in [0, 0.1) is 0 Å². The van der Waals surface area contributed by atoms with Crippen LogP contribution in [-0.2, 0) is 11.3 Å². The molecule has 1 aliphatic rings. The minimum atomic E-state index is -0.269. The van der Waals surface area contributed by atoms with Gasteiger partial charge in [-0.3, -0.25) is 14.2 Å². The Kier molecular flexibility index (Phi) is 5.98. The van der Waals surface area contributed by atoms with E-state index in [1.54, 1.807) is 10.6 Å². The fourth-order valence-electron chi connectivity index (χ4n) is 3.27. The Bertz CT molecular complexity index is 843. The van der Waals surface area contributed by atoms with Gasteiger partial charge in [0, 0.05) is 32.7 Å². The Morgan fingerprint density at radius 3 is 2.50 bits per heavy atom. The number of piperazine rings is 1. The number of hydrogen-bond donors (Lipinski definition) is 0. The van der Waals surface area contributed by atoms with Gasteiger partial charge >= 0.3 is 0 Å². The summed E-state index contributed by atoms with van der Waals surface area (Å²) in [5.41, 5.74) is 0.637. The minimum Gasteiger partial charge on any atom is -0.339 e. The zero-order valence-corrected chi connectivity index (χ0v) is 16.5. The van der Waals surface area contributed by atoms with Crippen molar-refractivity contribution in [3.8, 4) is 0 Å². The van der Waals surface area contributed by atoms with E-state index in [0.29, 0.717) is 22.6 Å². The molecule has 6 nitrogen and oxygen atoms in total. The van der Waals surface area contributed by atoms with Crippen molar-refractivity contribution in [3.05, 3.63) is 34.6 Å². The zero-order chi connectivity index (χ0) is 18.7. The molecule has 1 fully saturated rings. The smallest absolute Gasteiger partial charge is 0.262 e. The van der Waals surface area contributed by atoms with Crippen LogP contribution in [0.3, 0.4) is 0 Å². The maximum absolute atomic E-state index is 12.8. The summed E-state index contributed by atoms with van der Waals surface area (Å²) in [6.45, 7) is 10.9. The van der Waals surface area contributed by atoms with Crippen molar-refractivity contribution in [1.82, 2.24) is 19.4 Å². The summed E-state index contributed by atoms with van der Waals surface area (Å²) in [6, 6.07) is 7.37. The second-order valence-corrected chi connectivity index (χ2v) is 7.79. The topological polar surface area (TPSA) is 58.4 Å². The Balaban J connectivity index is 1.79. The Morgan fingerprint density at radius 1 is 1.15 bits per heavy atom. The van der Waals surface area contributed by atoms with Crippen LogP contribution in [0.4, 0.5) is 0 Å². The third kappa shape index (κ3) is 3.78. The van der Waals surface area contributed by atoms with Gasteiger partial charge in [0.15, 0.2) is 5.16 Å². The molecule has 1 aromatic heterocycles. The molecule has 2 heterocycles. The first-order valence-electron chi connectivity index (χ1n) is 9.22. The highest BCUT2D eigenvalue weighted by molar-refractivity contribution is 8.00. The number of rotatable bonds is 5. The molecule has 0 N–H and O–H groups in total. The SMILES string of the molecule is CCN1CCN(C(=O)C(C)Sc2nc3ccccc3c(=O)n2CC)CC1. The van der Waals surface area contributed by atoms with Crippen LogP contribution in [-0.4, -0.2) is 63.2 Å². The van der Waals surface area contributed by atoms with E-state index in [0.717, 1.165) is 32.7 Å². The normalized spacial score (nSPS) is 16.8. The fourth-order valence-corrected chi connectivity index (χ4v) is 4.32. The molecule has 3 rings (SSSR count). The van der Waals surface area contributed by atoms with E-state index < -0.39 is 0 Å². The number of carbonyl (C=O) groups is 1. The van der Waals surface area contributed by atoms with E-state index in [1.165, 1.54) is 11.8 Å². The van der Waals surface area contributed by atoms with Crippen LogP contribution in [0.15, 0.2) is 34.2 Å². The molecule has 1 amide bonds. The summed E-state index contributed by atoms with van der Waals surface area (Å²) in [5.74, 6) is 0.121. The molecule has 2 aromatic rings. The first-order chi connectivity index (χ1) is 12.5. The average Bonchev–Trinajstić information content (AvgIpc) is 2.68. The molecular weight excluding hydrogens is 348 g/mol. The number of nitrogens with zero attached hydrogens (tertiary/aromatic N) is 4.